The van der Waals surface area contributed by atoms with Crippen LogP contribution in [0.1, 0.15) is 17.1 Å². The quantitative estimate of drug-likeness (QED) is 0.847. The molecule has 5 nitrogen and oxygen atoms in total. The van der Waals surface area contributed by atoms with Crippen LogP contribution in [-0.2, 0) is 11.3 Å². The predicted octanol–water partition coefficient (Wildman–Crippen LogP) is 2.09. The third-order valence-electron chi connectivity index (χ3n) is 2.24. The van der Waals surface area contributed by atoms with E-state index in [1.807, 2.05) is 26.0 Å². The highest BCUT2D eigenvalue weighted by Crippen LogP contribution is 2.08. The van der Waals surface area contributed by atoms with Crippen LogP contribution in [0.25, 0.3) is 5.95 Å². The lowest BCUT2D eigenvalue weighted by Gasteiger charge is -2.03. The molecule has 2 aromatic heterocycles. The zero-order chi connectivity index (χ0) is 12.4. The van der Waals surface area contributed by atoms with E-state index in [1.165, 1.54) is 0 Å². The van der Waals surface area contributed by atoms with Gasteiger partial charge in [-0.15, -0.1) is 0 Å². The maximum atomic E-state index is 5.25. The Balaban J connectivity index is 2.48. The van der Waals surface area contributed by atoms with Crippen molar-refractivity contribution in [2.45, 2.75) is 20.5 Å². The molecule has 2 aromatic rings. The van der Waals surface area contributed by atoms with Crippen molar-refractivity contribution in [3.63, 3.8) is 0 Å². The first-order valence-electron chi connectivity index (χ1n) is 5.22. The van der Waals surface area contributed by atoms with Crippen molar-refractivity contribution in [2.24, 2.45) is 0 Å². The molecule has 0 atom stereocenters. The second-order valence-electron chi connectivity index (χ2n) is 3.84. The van der Waals surface area contributed by atoms with E-state index in [1.54, 1.807) is 11.8 Å². The van der Waals surface area contributed by atoms with Gasteiger partial charge >= 0.3 is 0 Å². The van der Waals surface area contributed by atoms with Crippen molar-refractivity contribution in [2.75, 3.05) is 7.11 Å². The van der Waals surface area contributed by atoms with Gasteiger partial charge in [-0.25, -0.2) is 14.6 Å². The Hall–Kier alpha value is -1.53. The largest absolute Gasteiger partial charge is 0.378 e. The van der Waals surface area contributed by atoms with E-state index in [4.69, 9.17) is 17.0 Å². The maximum Gasteiger partial charge on any atom is 0.250 e. The summed E-state index contributed by atoms with van der Waals surface area (Å²) in [5, 5.41) is 3.12. The number of ether oxygens (including phenoxy) is 1. The van der Waals surface area contributed by atoms with Gasteiger partial charge in [-0.05, 0) is 26.0 Å². The van der Waals surface area contributed by atoms with Gasteiger partial charge in [-0.3, -0.25) is 5.10 Å². The number of aryl methyl sites for hydroxylation is 2. The molecule has 0 aliphatic heterocycles. The Labute approximate surface area is 104 Å². The molecule has 0 saturated carbocycles. The third kappa shape index (κ3) is 2.59. The van der Waals surface area contributed by atoms with Crippen LogP contribution in [0.2, 0.25) is 0 Å². The average molecular weight is 250 g/mol. The number of nitrogens with one attached hydrogen (secondary N) is 1. The summed E-state index contributed by atoms with van der Waals surface area (Å²) in [6, 6.07) is 3.77. The molecule has 0 spiro atoms. The molecule has 0 fully saturated rings. The Morgan fingerprint density at radius 3 is 2.53 bits per heavy atom. The van der Waals surface area contributed by atoms with Crippen LogP contribution in [0.15, 0.2) is 12.1 Å². The molecule has 0 amide bonds. The lowest BCUT2D eigenvalue weighted by Crippen LogP contribution is -2.06. The number of nitrogens with zero attached hydrogens (tertiary/aromatic N) is 3. The lowest BCUT2D eigenvalue weighted by molar-refractivity contribution is 0.181. The molecular formula is C11H14N4OS. The van der Waals surface area contributed by atoms with E-state index in [9.17, 15) is 0 Å². The van der Waals surface area contributed by atoms with Crippen LogP contribution in [0, 0.1) is 18.5 Å². The number of aromatic amines is 1. The fourth-order valence-electron chi connectivity index (χ4n) is 1.63. The van der Waals surface area contributed by atoms with Crippen LogP contribution >= 0.6 is 12.2 Å². The Bertz CT molecular complexity index is 567. The standard InChI is InChI=1S/C11H14N4OS/c1-7-4-8(2)13-11(12-7)15-10(17)5-9(14-15)6-16-3/h4-5,14H,6H2,1-3H3. The summed E-state index contributed by atoms with van der Waals surface area (Å²) < 4.78 is 7.37. The van der Waals surface area contributed by atoms with Gasteiger partial charge in [0.15, 0.2) is 0 Å². The summed E-state index contributed by atoms with van der Waals surface area (Å²) in [5.74, 6) is 0.565. The molecule has 17 heavy (non-hydrogen) atoms. The first-order valence-corrected chi connectivity index (χ1v) is 5.63. The number of methoxy groups -OCH3 is 1. The molecular weight excluding hydrogens is 236 g/mol. The highest BCUT2D eigenvalue weighted by Gasteiger charge is 2.06. The first kappa shape index (κ1) is 11.9. The van der Waals surface area contributed by atoms with Crippen LogP contribution in [0.5, 0.6) is 0 Å². The molecule has 0 aromatic carbocycles. The molecule has 0 bridgehead atoms. The summed E-state index contributed by atoms with van der Waals surface area (Å²) in [7, 11) is 1.64. The summed E-state index contributed by atoms with van der Waals surface area (Å²) in [6.07, 6.45) is 0. The molecule has 1 N–H and O–H groups in total. The Morgan fingerprint density at radius 2 is 1.94 bits per heavy atom. The average Bonchev–Trinajstić information content (AvgIpc) is 2.58. The summed E-state index contributed by atoms with van der Waals surface area (Å²) >= 11 is 5.25. The Morgan fingerprint density at radius 1 is 1.29 bits per heavy atom. The van der Waals surface area contributed by atoms with Crippen molar-refractivity contribution in [1.82, 2.24) is 19.7 Å². The van der Waals surface area contributed by atoms with Crippen LogP contribution in [0.4, 0.5) is 0 Å². The van der Waals surface area contributed by atoms with Gasteiger partial charge in [0.05, 0.1) is 12.3 Å². The van der Waals surface area contributed by atoms with Gasteiger partial charge in [0.25, 0.3) is 5.95 Å². The minimum absolute atomic E-state index is 0.488. The molecule has 0 unspecified atom stereocenters. The van der Waals surface area contributed by atoms with E-state index in [0.717, 1.165) is 17.1 Å². The molecule has 6 heteroatoms. The predicted molar refractivity (Wildman–Crippen MR) is 66.7 cm³/mol. The van der Waals surface area contributed by atoms with E-state index >= 15 is 0 Å². The number of rotatable bonds is 3. The van der Waals surface area contributed by atoms with E-state index in [0.29, 0.717) is 17.2 Å². The first-order chi connectivity index (χ1) is 8.10. The highest BCUT2D eigenvalue weighted by atomic mass is 32.1. The van der Waals surface area contributed by atoms with Gasteiger partial charge in [-0.2, -0.15) is 0 Å². The van der Waals surface area contributed by atoms with Gasteiger partial charge < -0.3 is 4.74 Å². The molecule has 0 aliphatic carbocycles. The van der Waals surface area contributed by atoms with Crippen molar-refractivity contribution >= 4 is 12.2 Å². The van der Waals surface area contributed by atoms with Gasteiger partial charge in [0, 0.05) is 18.5 Å². The number of aromatic nitrogens is 4. The molecule has 0 radical (unpaired) electrons. The molecule has 0 aliphatic rings. The summed E-state index contributed by atoms with van der Waals surface area (Å²) in [4.78, 5) is 8.70. The number of H-pyrrole nitrogens is 1. The third-order valence-corrected chi connectivity index (χ3v) is 2.54. The van der Waals surface area contributed by atoms with Crippen molar-refractivity contribution in [3.05, 3.63) is 33.9 Å². The van der Waals surface area contributed by atoms with Gasteiger partial charge in [0.2, 0.25) is 0 Å². The van der Waals surface area contributed by atoms with Gasteiger partial charge in [0.1, 0.15) is 4.64 Å². The smallest absolute Gasteiger partial charge is 0.250 e. The van der Waals surface area contributed by atoms with E-state index in [2.05, 4.69) is 15.1 Å². The lowest BCUT2D eigenvalue weighted by atomic mass is 10.4. The number of hydrogen-bond donors (Lipinski definition) is 1. The minimum Gasteiger partial charge on any atom is -0.378 e. The zero-order valence-electron chi connectivity index (χ0n) is 10.0. The monoisotopic (exact) mass is 250 g/mol. The molecule has 2 heterocycles. The SMILES string of the molecule is COCc1cc(=S)n(-c2nc(C)cc(C)n2)[nH]1. The normalized spacial score (nSPS) is 10.8. The van der Waals surface area contributed by atoms with Crippen molar-refractivity contribution < 1.29 is 4.74 Å². The zero-order valence-corrected chi connectivity index (χ0v) is 10.8. The van der Waals surface area contributed by atoms with Crippen molar-refractivity contribution in [1.29, 1.82) is 0 Å². The highest BCUT2D eigenvalue weighted by molar-refractivity contribution is 7.71. The van der Waals surface area contributed by atoms with E-state index in [-0.39, 0.29) is 0 Å². The minimum atomic E-state index is 0.488. The topological polar surface area (TPSA) is 55.7 Å². The Kier molecular flexibility index (Phi) is 3.35. The summed E-state index contributed by atoms with van der Waals surface area (Å²) in [6.45, 7) is 4.35. The van der Waals surface area contributed by atoms with Crippen LogP contribution < -0.4 is 0 Å². The van der Waals surface area contributed by atoms with Crippen molar-refractivity contribution in [3.8, 4) is 5.95 Å². The number of hydrogen-bond acceptors (Lipinski definition) is 4. The van der Waals surface area contributed by atoms with Crippen LogP contribution in [-0.4, -0.2) is 26.9 Å². The van der Waals surface area contributed by atoms with Gasteiger partial charge in [-0.1, -0.05) is 12.2 Å². The molecule has 90 valence electrons. The second-order valence-corrected chi connectivity index (χ2v) is 4.26. The maximum absolute atomic E-state index is 5.25. The summed E-state index contributed by atoms with van der Waals surface area (Å²) in [5.41, 5.74) is 2.73. The fraction of sp³-hybridized carbons (Fsp3) is 0.364. The van der Waals surface area contributed by atoms with E-state index < -0.39 is 0 Å². The second kappa shape index (κ2) is 4.77. The molecule has 0 saturated heterocycles. The fourth-order valence-corrected chi connectivity index (χ4v) is 1.90. The van der Waals surface area contributed by atoms with Crippen LogP contribution in [0.3, 0.4) is 0 Å². The molecule has 2 rings (SSSR count).